The first kappa shape index (κ1) is 9.96. The summed E-state index contributed by atoms with van der Waals surface area (Å²) in [4.78, 5) is 13.1. The van der Waals surface area contributed by atoms with Gasteiger partial charge in [-0.05, 0) is 24.1 Å². The zero-order chi connectivity index (χ0) is 11.2. The van der Waals surface area contributed by atoms with Gasteiger partial charge < -0.3 is 10.6 Å². The molecule has 0 bridgehead atoms. The molecule has 1 amide bonds. The van der Waals surface area contributed by atoms with Gasteiger partial charge in [0.25, 0.3) is 0 Å². The fourth-order valence-corrected chi connectivity index (χ4v) is 2.02. The largest absolute Gasteiger partial charge is 0.373 e. The molecule has 0 fully saturated rings. The van der Waals surface area contributed by atoms with Gasteiger partial charge in [-0.15, -0.1) is 0 Å². The molecule has 4 heteroatoms. The third-order valence-corrected chi connectivity index (χ3v) is 2.89. The van der Waals surface area contributed by atoms with Crippen LogP contribution in [-0.2, 0) is 4.79 Å². The van der Waals surface area contributed by atoms with Crippen LogP contribution in [-0.4, -0.2) is 19.5 Å². The lowest BCUT2D eigenvalue weighted by Crippen LogP contribution is -2.25. The summed E-state index contributed by atoms with van der Waals surface area (Å²) in [5.74, 6) is -0.915. The van der Waals surface area contributed by atoms with Crippen LogP contribution >= 0.6 is 0 Å². The number of carbonyl (C=O) groups is 1. The molecular weight excluding hydrogens is 195 g/mol. The summed E-state index contributed by atoms with van der Waals surface area (Å²) in [5, 5.41) is 0. The Morgan fingerprint density at radius 3 is 2.87 bits per heavy atom. The predicted molar refractivity (Wildman–Crippen MR) is 56.3 cm³/mol. The number of hydrogen-bond donors (Lipinski definition) is 1. The highest BCUT2D eigenvalue weighted by Gasteiger charge is 2.31. The van der Waals surface area contributed by atoms with Gasteiger partial charge in [0, 0.05) is 19.3 Å². The molecule has 1 aromatic rings. The number of hydrogen-bond acceptors (Lipinski definition) is 2. The van der Waals surface area contributed by atoms with Crippen molar-refractivity contribution >= 4 is 11.6 Å². The minimum Gasteiger partial charge on any atom is -0.373 e. The lowest BCUT2D eigenvalue weighted by Gasteiger charge is -2.11. The highest BCUT2D eigenvalue weighted by Crippen LogP contribution is 2.36. The van der Waals surface area contributed by atoms with Crippen molar-refractivity contribution in [1.82, 2.24) is 0 Å². The standard InChI is InChI=1S/C11H13FN2O/c1-6-3-7-8(11(13)15)5-14(2)10(7)4-9(6)12/h3-4,8H,5H2,1-2H3,(H2,13,15). The summed E-state index contributed by atoms with van der Waals surface area (Å²) in [7, 11) is 1.83. The maximum absolute atomic E-state index is 13.3. The molecule has 80 valence electrons. The monoisotopic (exact) mass is 208 g/mol. The van der Waals surface area contributed by atoms with E-state index in [1.807, 2.05) is 11.9 Å². The number of primary amides is 1. The normalized spacial score (nSPS) is 19.1. The van der Waals surface area contributed by atoms with Gasteiger partial charge in [-0.3, -0.25) is 4.79 Å². The van der Waals surface area contributed by atoms with Crippen LogP contribution in [0.2, 0.25) is 0 Å². The van der Waals surface area contributed by atoms with E-state index in [2.05, 4.69) is 0 Å². The first-order chi connectivity index (χ1) is 7.00. The Hall–Kier alpha value is -1.58. The predicted octanol–water partition coefficient (Wildman–Crippen LogP) is 1.15. The van der Waals surface area contributed by atoms with E-state index in [0.29, 0.717) is 12.1 Å². The molecule has 0 radical (unpaired) electrons. The quantitative estimate of drug-likeness (QED) is 0.752. The highest BCUT2D eigenvalue weighted by atomic mass is 19.1. The van der Waals surface area contributed by atoms with Crippen LogP contribution in [0.25, 0.3) is 0 Å². The Morgan fingerprint density at radius 2 is 2.27 bits per heavy atom. The fourth-order valence-electron chi connectivity index (χ4n) is 2.02. The Kier molecular flexibility index (Phi) is 2.14. The Balaban J connectivity index is 2.56. The summed E-state index contributed by atoms with van der Waals surface area (Å²) >= 11 is 0. The van der Waals surface area contributed by atoms with Gasteiger partial charge in [-0.25, -0.2) is 4.39 Å². The van der Waals surface area contributed by atoms with Gasteiger partial charge >= 0.3 is 0 Å². The Morgan fingerprint density at radius 1 is 1.60 bits per heavy atom. The first-order valence-electron chi connectivity index (χ1n) is 4.81. The summed E-state index contributed by atoms with van der Waals surface area (Å²) in [6.45, 7) is 2.22. The van der Waals surface area contributed by atoms with Gasteiger partial charge in [-0.1, -0.05) is 6.07 Å². The second kappa shape index (κ2) is 3.22. The van der Waals surface area contributed by atoms with Crippen LogP contribution in [0.4, 0.5) is 10.1 Å². The van der Waals surface area contributed by atoms with E-state index >= 15 is 0 Å². The topological polar surface area (TPSA) is 46.3 Å². The number of halogens is 1. The second-order valence-electron chi connectivity index (χ2n) is 4.00. The third-order valence-electron chi connectivity index (χ3n) is 2.89. The van der Waals surface area contributed by atoms with Crippen molar-refractivity contribution in [2.45, 2.75) is 12.8 Å². The number of fused-ring (bicyclic) bond motifs is 1. The van der Waals surface area contributed by atoms with Crippen molar-refractivity contribution < 1.29 is 9.18 Å². The van der Waals surface area contributed by atoms with Crippen molar-refractivity contribution in [3.8, 4) is 0 Å². The number of benzene rings is 1. The van der Waals surface area contributed by atoms with Crippen LogP contribution in [0.1, 0.15) is 17.0 Å². The molecule has 2 rings (SSSR count). The van der Waals surface area contributed by atoms with Crippen LogP contribution in [0, 0.1) is 12.7 Å². The van der Waals surface area contributed by atoms with Gasteiger partial charge in [0.15, 0.2) is 0 Å². The lowest BCUT2D eigenvalue weighted by atomic mass is 9.99. The smallest absolute Gasteiger partial charge is 0.226 e. The molecule has 0 spiro atoms. The third kappa shape index (κ3) is 1.46. The molecule has 0 saturated carbocycles. The van der Waals surface area contributed by atoms with Crippen molar-refractivity contribution in [1.29, 1.82) is 0 Å². The molecule has 1 aliphatic heterocycles. The van der Waals surface area contributed by atoms with Crippen LogP contribution in [0.15, 0.2) is 12.1 Å². The van der Waals surface area contributed by atoms with Crippen LogP contribution in [0.5, 0.6) is 0 Å². The molecule has 15 heavy (non-hydrogen) atoms. The summed E-state index contributed by atoms with van der Waals surface area (Å²) in [5.41, 5.74) is 7.46. The number of nitrogens with two attached hydrogens (primary N) is 1. The van der Waals surface area contributed by atoms with Crippen molar-refractivity contribution in [2.24, 2.45) is 5.73 Å². The van der Waals surface area contributed by atoms with Gasteiger partial charge in [0.1, 0.15) is 5.82 Å². The van der Waals surface area contributed by atoms with Gasteiger partial charge in [0.05, 0.1) is 5.92 Å². The molecule has 0 aliphatic carbocycles. The van der Waals surface area contributed by atoms with E-state index in [0.717, 1.165) is 11.3 Å². The maximum Gasteiger partial charge on any atom is 0.226 e. The number of nitrogens with zero attached hydrogens (tertiary/aromatic N) is 1. The zero-order valence-electron chi connectivity index (χ0n) is 8.75. The molecule has 0 saturated heterocycles. The Labute approximate surface area is 87.7 Å². The van der Waals surface area contributed by atoms with Gasteiger partial charge in [0.2, 0.25) is 5.91 Å². The van der Waals surface area contributed by atoms with E-state index in [1.165, 1.54) is 6.07 Å². The number of amides is 1. The maximum atomic E-state index is 13.3. The average Bonchev–Trinajstić information content (AvgIpc) is 2.45. The van der Waals surface area contributed by atoms with E-state index in [4.69, 9.17) is 5.73 Å². The Bertz CT molecular complexity index is 431. The summed E-state index contributed by atoms with van der Waals surface area (Å²) in [6.07, 6.45) is 0. The fraction of sp³-hybridized carbons (Fsp3) is 0.364. The van der Waals surface area contributed by atoms with E-state index in [9.17, 15) is 9.18 Å². The molecular formula is C11H13FN2O. The lowest BCUT2D eigenvalue weighted by molar-refractivity contribution is -0.119. The van der Waals surface area contributed by atoms with Crippen molar-refractivity contribution in [2.75, 3.05) is 18.5 Å². The number of anilines is 1. The molecule has 1 aromatic carbocycles. The van der Waals surface area contributed by atoms with E-state index < -0.39 is 0 Å². The molecule has 3 nitrogen and oxygen atoms in total. The van der Waals surface area contributed by atoms with Crippen LogP contribution in [0.3, 0.4) is 0 Å². The first-order valence-corrected chi connectivity index (χ1v) is 4.81. The second-order valence-corrected chi connectivity index (χ2v) is 4.00. The number of aryl methyl sites for hydroxylation is 1. The molecule has 1 heterocycles. The van der Waals surface area contributed by atoms with E-state index in [1.54, 1.807) is 13.0 Å². The molecule has 2 N–H and O–H groups in total. The van der Waals surface area contributed by atoms with E-state index in [-0.39, 0.29) is 17.6 Å². The van der Waals surface area contributed by atoms with Gasteiger partial charge in [-0.2, -0.15) is 0 Å². The number of likely N-dealkylation sites (N-methyl/N-ethyl adjacent to an activating group) is 1. The summed E-state index contributed by atoms with van der Waals surface area (Å²) < 4.78 is 13.3. The molecule has 0 aromatic heterocycles. The van der Waals surface area contributed by atoms with Crippen molar-refractivity contribution in [3.63, 3.8) is 0 Å². The van der Waals surface area contributed by atoms with Crippen LogP contribution < -0.4 is 10.6 Å². The average molecular weight is 208 g/mol. The number of carbonyl (C=O) groups excluding carboxylic acids is 1. The van der Waals surface area contributed by atoms with Crippen molar-refractivity contribution in [3.05, 3.63) is 29.1 Å². The minimum absolute atomic E-state index is 0.245. The molecule has 1 atom stereocenters. The molecule has 1 unspecified atom stereocenters. The number of rotatable bonds is 1. The molecule has 1 aliphatic rings. The highest BCUT2D eigenvalue weighted by molar-refractivity contribution is 5.87. The summed E-state index contributed by atoms with van der Waals surface area (Å²) in [6, 6.07) is 3.18. The zero-order valence-corrected chi connectivity index (χ0v) is 8.75. The SMILES string of the molecule is Cc1cc2c(cc1F)N(C)CC2C(N)=O. The minimum atomic E-state index is -0.355.